The van der Waals surface area contributed by atoms with Crippen LogP contribution in [0.25, 0.3) is 11.0 Å². The number of aryl methyl sites for hydroxylation is 1. The molecule has 1 amide bonds. The number of amides is 1. The predicted molar refractivity (Wildman–Crippen MR) is 117 cm³/mol. The van der Waals surface area contributed by atoms with Crippen LogP contribution in [0.4, 0.5) is 5.69 Å². The molecule has 2 aromatic carbocycles. The number of primary sulfonamides is 1. The second kappa shape index (κ2) is 9.30. The highest BCUT2D eigenvalue weighted by atomic mass is 32.2. The Morgan fingerprint density at radius 1 is 1.27 bits per heavy atom. The number of benzene rings is 2. The molecule has 0 saturated heterocycles. The van der Waals surface area contributed by atoms with Gasteiger partial charge in [-0.3, -0.25) is 4.79 Å². The Morgan fingerprint density at radius 3 is 2.63 bits per heavy atom. The topological polar surface area (TPSA) is 131 Å². The minimum Gasteiger partial charge on any atom is -0.325 e. The Bertz CT molecular complexity index is 1210. The molecule has 0 radical (unpaired) electrons. The molecule has 0 aliphatic heterocycles. The van der Waals surface area contributed by atoms with Gasteiger partial charge >= 0.3 is 0 Å². The largest absolute Gasteiger partial charge is 0.325 e. The van der Waals surface area contributed by atoms with Gasteiger partial charge in [0, 0.05) is 12.2 Å². The van der Waals surface area contributed by atoms with Gasteiger partial charge in [0.2, 0.25) is 15.9 Å². The van der Waals surface area contributed by atoms with E-state index in [9.17, 15) is 13.2 Å². The summed E-state index contributed by atoms with van der Waals surface area (Å²) >= 11 is 1.28. The number of rotatable bonds is 8. The molecule has 156 valence electrons. The van der Waals surface area contributed by atoms with Crippen LogP contribution in [-0.4, -0.2) is 29.6 Å². The number of carbonyl (C=O) groups is 1. The van der Waals surface area contributed by atoms with Crippen molar-refractivity contribution in [3.63, 3.8) is 0 Å². The van der Waals surface area contributed by atoms with Gasteiger partial charge < -0.3 is 9.88 Å². The average Bonchev–Trinajstić information content (AvgIpc) is 3.05. The summed E-state index contributed by atoms with van der Waals surface area (Å²) in [4.78, 5) is 16.9. The number of nitrogens with one attached hydrogen (secondary N) is 1. The molecule has 0 aliphatic rings. The normalized spacial score (nSPS) is 11.4. The smallest absolute Gasteiger partial charge is 0.238 e. The molecule has 3 rings (SSSR count). The molecule has 10 heteroatoms. The minimum absolute atomic E-state index is 0.00489. The van der Waals surface area contributed by atoms with Crippen LogP contribution in [-0.2, 0) is 27.8 Å². The second-order valence-electron chi connectivity index (χ2n) is 6.61. The lowest BCUT2D eigenvalue weighted by Gasteiger charge is -2.08. The summed E-state index contributed by atoms with van der Waals surface area (Å²) in [6.45, 7) is 2.72. The molecule has 3 N–H and O–H groups in total. The molecule has 0 unspecified atom stereocenters. The summed E-state index contributed by atoms with van der Waals surface area (Å²) in [7, 11) is -3.82. The molecule has 0 atom stereocenters. The van der Waals surface area contributed by atoms with Gasteiger partial charge in [-0.15, -0.1) is 0 Å². The Kier molecular flexibility index (Phi) is 6.77. The monoisotopic (exact) mass is 443 g/mol. The number of hydrogen-bond acceptors (Lipinski definition) is 6. The van der Waals surface area contributed by atoms with Crippen molar-refractivity contribution in [2.75, 3.05) is 11.1 Å². The first-order valence-corrected chi connectivity index (χ1v) is 11.8. The summed E-state index contributed by atoms with van der Waals surface area (Å²) < 4.78 is 25.2. The fraction of sp³-hybridized carbons (Fsp3) is 0.250. The lowest BCUT2D eigenvalue weighted by atomic mass is 10.1. The molecule has 1 heterocycles. The van der Waals surface area contributed by atoms with E-state index < -0.39 is 10.0 Å². The van der Waals surface area contributed by atoms with Crippen LogP contribution >= 0.6 is 11.8 Å². The van der Waals surface area contributed by atoms with E-state index in [0.29, 0.717) is 29.3 Å². The van der Waals surface area contributed by atoms with Crippen molar-refractivity contribution in [3.8, 4) is 6.07 Å². The molecule has 0 saturated carbocycles. The van der Waals surface area contributed by atoms with Gasteiger partial charge in [0.25, 0.3) is 0 Å². The van der Waals surface area contributed by atoms with Gasteiger partial charge in [-0.1, -0.05) is 30.8 Å². The van der Waals surface area contributed by atoms with Gasteiger partial charge in [0.15, 0.2) is 5.16 Å². The summed E-state index contributed by atoms with van der Waals surface area (Å²) in [5.41, 5.74) is 2.85. The lowest BCUT2D eigenvalue weighted by Crippen LogP contribution is -2.14. The SMILES string of the molecule is CCCn1c(SCC(=O)Nc2ccc(CC#N)cc2)nc2cc(S(N)(=O)=O)ccc21. The van der Waals surface area contributed by atoms with Crippen molar-refractivity contribution in [1.82, 2.24) is 9.55 Å². The Hall–Kier alpha value is -2.87. The number of nitriles is 1. The van der Waals surface area contributed by atoms with E-state index in [0.717, 1.165) is 17.5 Å². The van der Waals surface area contributed by atoms with Gasteiger partial charge in [-0.25, -0.2) is 18.5 Å². The number of carbonyl (C=O) groups excluding carboxylic acids is 1. The molecule has 1 aromatic heterocycles. The molecule has 3 aromatic rings. The van der Waals surface area contributed by atoms with Crippen LogP contribution in [0.1, 0.15) is 18.9 Å². The molecule has 30 heavy (non-hydrogen) atoms. The summed E-state index contributed by atoms with van der Waals surface area (Å²) in [5, 5.41) is 17.4. The van der Waals surface area contributed by atoms with Gasteiger partial charge in [0.05, 0.1) is 34.2 Å². The first-order valence-electron chi connectivity index (χ1n) is 9.23. The zero-order chi connectivity index (χ0) is 21.7. The van der Waals surface area contributed by atoms with Gasteiger partial charge in [0.1, 0.15) is 0 Å². The van der Waals surface area contributed by atoms with Crippen LogP contribution in [0.3, 0.4) is 0 Å². The van der Waals surface area contributed by atoms with E-state index in [1.54, 1.807) is 30.3 Å². The maximum atomic E-state index is 12.3. The highest BCUT2D eigenvalue weighted by molar-refractivity contribution is 7.99. The van der Waals surface area contributed by atoms with Crippen LogP contribution in [0.15, 0.2) is 52.5 Å². The fourth-order valence-corrected chi connectivity index (χ4v) is 4.31. The summed E-state index contributed by atoms with van der Waals surface area (Å²) in [6.07, 6.45) is 1.18. The van der Waals surface area contributed by atoms with Crippen molar-refractivity contribution in [2.45, 2.75) is 36.4 Å². The van der Waals surface area contributed by atoms with Crippen molar-refractivity contribution in [1.29, 1.82) is 5.26 Å². The maximum absolute atomic E-state index is 12.3. The molecule has 0 aliphatic carbocycles. The van der Waals surface area contributed by atoms with Crippen molar-refractivity contribution in [2.24, 2.45) is 5.14 Å². The van der Waals surface area contributed by atoms with E-state index in [-0.39, 0.29) is 16.6 Å². The molecular formula is C20H21N5O3S2. The van der Waals surface area contributed by atoms with Gasteiger partial charge in [-0.05, 0) is 42.3 Å². The third kappa shape index (κ3) is 5.18. The number of nitrogens with two attached hydrogens (primary N) is 1. The number of imidazole rings is 1. The van der Waals surface area contributed by atoms with E-state index in [1.807, 2.05) is 11.5 Å². The second-order valence-corrected chi connectivity index (χ2v) is 9.11. The van der Waals surface area contributed by atoms with Crippen LogP contribution in [0.5, 0.6) is 0 Å². The number of sulfonamides is 1. The highest BCUT2D eigenvalue weighted by Gasteiger charge is 2.16. The Morgan fingerprint density at radius 2 is 2.00 bits per heavy atom. The molecule has 0 bridgehead atoms. The van der Waals surface area contributed by atoms with Crippen LogP contribution < -0.4 is 10.5 Å². The lowest BCUT2D eigenvalue weighted by molar-refractivity contribution is -0.113. The first-order chi connectivity index (χ1) is 14.3. The van der Waals surface area contributed by atoms with E-state index in [4.69, 9.17) is 10.4 Å². The Labute approximate surface area is 179 Å². The summed E-state index contributed by atoms with van der Waals surface area (Å²) in [6, 6.07) is 13.8. The number of fused-ring (bicyclic) bond motifs is 1. The van der Waals surface area contributed by atoms with Crippen molar-refractivity contribution < 1.29 is 13.2 Å². The molecular weight excluding hydrogens is 422 g/mol. The molecule has 8 nitrogen and oxygen atoms in total. The minimum atomic E-state index is -3.82. The maximum Gasteiger partial charge on any atom is 0.238 e. The zero-order valence-corrected chi connectivity index (χ0v) is 18.0. The zero-order valence-electron chi connectivity index (χ0n) is 16.3. The number of aromatic nitrogens is 2. The third-order valence-electron chi connectivity index (χ3n) is 4.31. The fourth-order valence-electron chi connectivity index (χ4n) is 2.94. The van der Waals surface area contributed by atoms with Gasteiger partial charge in [-0.2, -0.15) is 5.26 Å². The van der Waals surface area contributed by atoms with E-state index >= 15 is 0 Å². The third-order valence-corrected chi connectivity index (χ3v) is 6.20. The van der Waals surface area contributed by atoms with Crippen LogP contribution in [0, 0.1) is 11.3 Å². The Balaban J connectivity index is 1.74. The standard InChI is InChI=1S/C20H21N5O3S2/c1-2-11-25-18-8-7-16(30(22,27)28)12-17(18)24-20(25)29-13-19(26)23-15-5-3-14(4-6-15)9-10-21/h3-8,12H,2,9,11,13H2,1H3,(H,23,26)(H2,22,27,28). The number of thioether (sulfide) groups is 1. The first kappa shape index (κ1) is 21.8. The highest BCUT2D eigenvalue weighted by Crippen LogP contribution is 2.26. The number of anilines is 1. The number of hydrogen-bond donors (Lipinski definition) is 2. The molecule has 0 fully saturated rings. The summed E-state index contributed by atoms with van der Waals surface area (Å²) in [5.74, 6) is -0.0389. The van der Waals surface area contributed by atoms with Crippen molar-refractivity contribution in [3.05, 3.63) is 48.0 Å². The van der Waals surface area contributed by atoms with E-state index in [2.05, 4.69) is 16.4 Å². The quantitative estimate of drug-likeness (QED) is 0.515. The average molecular weight is 444 g/mol. The predicted octanol–water partition coefficient (Wildman–Crippen LogP) is 2.89. The van der Waals surface area contributed by atoms with Crippen LogP contribution in [0.2, 0.25) is 0 Å². The number of nitrogens with zero attached hydrogens (tertiary/aromatic N) is 3. The van der Waals surface area contributed by atoms with Crippen molar-refractivity contribution >= 4 is 44.4 Å². The molecule has 0 spiro atoms. The van der Waals surface area contributed by atoms with E-state index in [1.165, 1.54) is 23.9 Å².